The normalized spacial score (nSPS) is 18.5. The van der Waals surface area contributed by atoms with E-state index in [0.29, 0.717) is 24.2 Å². The Morgan fingerprint density at radius 3 is 2.74 bits per heavy atom. The summed E-state index contributed by atoms with van der Waals surface area (Å²) in [6, 6.07) is 4.32. The molecule has 7 nitrogen and oxygen atoms in total. The summed E-state index contributed by atoms with van der Waals surface area (Å²) in [5.74, 6) is 5.43. The van der Waals surface area contributed by atoms with E-state index in [1.54, 1.807) is 17.9 Å². The molecule has 0 spiro atoms. The Bertz CT molecular complexity index is 1150. The van der Waals surface area contributed by atoms with Gasteiger partial charge in [0.15, 0.2) is 11.6 Å². The number of carbonyl (C=O) groups is 1. The number of halogens is 3. The molecule has 2 heterocycles. The number of aromatic nitrogens is 1. The van der Waals surface area contributed by atoms with Gasteiger partial charge in [-0.15, -0.1) is 0 Å². The summed E-state index contributed by atoms with van der Waals surface area (Å²) in [7, 11) is 0. The number of hydrogen-bond acceptors (Lipinski definition) is 5. The summed E-state index contributed by atoms with van der Waals surface area (Å²) in [4.78, 5) is 18.3. The van der Waals surface area contributed by atoms with Crippen LogP contribution >= 0.6 is 23.2 Å². The van der Waals surface area contributed by atoms with E-state index in [1.807, 2.05) is 13.8 Å². The number of anilines is 1. The zero-order valence-electron chi connectivity index (χ0n) is 19.1. The van der Waals surface area contributed by atoms with Crippen LogP contribution in [0.15, 0.2) is 36.7 Å². The van der Waals surface area contributed by atoms with Crippen LogP contribution in [0, 0.1) is 17.7 Å². The highest BCUT2D eigenvalue weighted by Crippen LogP contribution is 2.35. The number of nitrogens with one attached hydrogen (secondary N) is 2. The van der Waals surface area contributed by atoms with Crippen molar-refractivity contribution in [3.63, 3.8) is 0 Å². The monoisotopic (exact) mass is 505 g/mol. The van der Waals surface area contributed by atoms with Crippen molar-refractivity contribution >= 4 is 35.1 Å². The molecule has 1 aliphatic rings. The Labute approximate surface area is 208 Å². The first-order valence-corrected chi connectivity index (χ1v) is 11.4. The lowest BCUT2D eigenvalue weighted by molar-refractivity contribution is 0.167. The van der Waals surface area contributed by atoms with Gasteiger partial charge in [0.2, 0.25) is 0 Å². The van der Waals surface area contributed by atoms with Gasteiger partial charge >= 0.3 is 6.03 Å². The Morgan fingerprint density at radius 2 is 2.06 bits per heavy atom. The average Bonchev–Trinajstić information content (AvgIpc) is 2.76. The van der Waals surface area contributed by atoms with Crippen molar-refractivity contribution in [3.8, 4) is 17.6 Å². The molecule has 2 amide bonds. The number of nitrogens with zero attached hydrogens (tertiary/aromatic N) is 2. The van der Waals surface area contributed by atoms with Gasteiger partial charge in [0.05, 0.1) is 10.7 Å². The first-order valence-electron chi connectivity index (χ1n) is 10.6. The number of nitrogens with two attached hydrogens (primary N) is 1. The Hall–Kier alpha value is -2.99. The third kappa shape index (κ3) is 6.32. The number of pyridine rings is 1. The first-order chi connectivity index (χ1) is 16.0. The van der Waals surface area contributed by atoms with Crippen LogP contribution in [0.3, 0.4) is 0 Å². The third-order valence-electron chi connectivity index (χ3n) is 5.13. The maximum Gasteiger partial charge on any atom is 0.322 e. The van der Waals surface area contributed by atoms with E-state index in [4.69, 9.17) is 33.7 Å². The van der Waals surface area contributed by atoms with Crippen LogP contribution in [-0.4, -0.2) is 41.1 Å². The summed E-state index contributed by atoms with van der Waals surface area (Å²) in [5, 5.41) is 6.22. The predicted octanol–water partition coefficient (Wildman–Crippen LogP) is 4.51. The predicted molar refractivity (Wildman–Crippen MR) is 132 cm³/mol. The molecular formula is C24H26Cl2FN5O2. The molecule has 0 saturated carbocycles. The van der Waals surface area contributed by atoms with Gasteiger partial charge in [0, 0.05) is 53.6 Å². The van der Waals surface area contributed by atoms with Gasteiger partial charge in [-0.1, -0.05) is 35.7 Å². The lowest BCUT2D eigenvalue weighted by Crippen LogP contribution is -2.57. The second-order valence-corrected chi connectivity index (χ2v) is 8.94. The lowest BCUT2D eigenvalue weighted by atomic mass is 10.1. The number of piperazine rings is 1. The molecule has 0 aliphatic carbocycles. The highest BCUT2D eigenvalue weighted by molar-refractivity contribution is 6.36. The van der Waals surface area contributed by atoms with Crippen molar-refractivity contribution in [2.45, 2.75) is 39.0 Å². The second-order valence-electron chi connectivity index (χ2n) is 8.16. The molecule has 4 N–H and O–H groups in total. The molecule has 1 unspecified atom stereocenters. The summed E-state index contributed by atoms with van der Waals surface area (Å²) in [6.07, 6.45) is 0.762. The number of allylic oxidation sites excluding steroid dienone is 1. The maximum atomic E-state index is 13.9. The third-order valence-corrected chi connectivity index (χ3v) is 5.85. The number of urea groups is 1. The van der Waals surface area contributed by atoms with E-state index in [0.717, 1.165) is 0 Å². The van der Waals surface area contributed by atoms with Crippen molar-refractivity contribution < 1.29 is 13.9 Å². The zero-order chi connectivity index (χ0) is 25.0. The first kappa shape index (κ1) is 25.6. The number of nitrogen functional groups attached to an aromatic ring is 1. The van der Waals surface area contributed by atoms with Crippen LogP contribution in [0.1, 0.15) is 38.0 Å². The SMILES string of the molecule is C=C(C#Cc1cnc(N)c(OC(C)c2c(Cl)ccc(F)c2Cl)c1)NC(=O)N1C[C@@H](C)N[C@@H](C)C1. The largest absolute Gasteiger partial charge is 0.482 e. The zero-order valence-corrected chi connectivity index (χ0v) is 20.6. The molecule has 3 rings (SSSR count). The Balaban J connectivity index is 1.69. The molecule has 2 aromatic rings. The molecule has 180 valence electrons. The van der Waals surface area contributed by atoms with Crippen LogP contribution in [0.5, 0.6) is 5.75 Å². The number of rotatable bonds is 4. The Kier molecular flexibility index (Phi) is 8.26. The molecule has 1 aromatic carbocycles. The van der Waals surface area contributed by atoms with E-state index in [2.05, 4.69) is 34.0 Å². The smallest absolute Gasteiger partial charge is 0.322 e. The number of carbonyl (C=O) groups excluding carboxylic acids is 1. The maximum absolute atomic E-state index is 13.9. The fourth-order valence-corrected chi connectivity index (χ4v) is 4.34. The van der Waals surface area contributed by atoms with Crippen LogP contribution in [0.4, 0.5) is 15.0 Å². The van der Waals surface area contributed by atoms with Gasteiger partial charge in [0.25, 0.3) is 0 Å². The molecule has 1 saturated heterocycles. The molecule has 34 heavy (non-hydrogen) atoms. The summed E-state index contributed by atoms with van der Waals surface area (Å²) in [5.41, 5.74) is 6.96. The molecule has 0 radical (unpaired) electrons. The van der Waals surface area contributed by atoms with Gasteiger partial charge in [-0.05, 0) is 38.8 Å². The fourth-order valence-electron chi connectivity index (χ4n) is 3.66. The number of hydrogen-bond donors (Lipinski definition) is 3. The average molecular weight is 506 g/mol. The Morgan fingerprint density at radius 1 is 1.38 bits per heavy atom. The fraction of sp³-hybridized carbons (Fsp3) is 0.333. The van der Waals surface area contributed by atoms with E-state index in [1.165, 1.54) is 18.3 Å². The quantitative estimate of drug-likeness (QED) is 0.420. The van der Waals surface area contributed by atoms with Crippen molar-refractivity contribution in [2.24, 2.45) is 0 Å². The topological polar surface area (TPSA) is 92.5 Å². The van der Waals surface area contributed by atoms with Gasteiger partial charge in [-0.25, -0.2) is 14.2 Å². The van der Waals surface area contributed by atoms with Crippen LogP contribution < -0.4 is 21.1 Å². The van der Waals surface area contributed by atoms with Crippen molar-refractivity contribution in [2.75, 3.05) is 18.8 Å². The molecule has 1 fully saturated rings. The van der Waals surface area contributed by atoms with E-state index in [-0.39, 0.29) is 45.4 Å². The van der Waals surface area contributed by atoms with Crippen molar-refractivity contribution in [1.82, 2.24) is 20.5 Å². The summed E-state index contributed by atoms with van der Waals surface area (Å²) < 4.78 is 19.7. The van der Waals surface area contributed by atoms with Crippen LogP contribution in [-0.2, 0) is 0 Å². The van der Waals surface area contributed by atoms with Crippen LogP contribution in [0.2, 0.25) is 10.0 Å². The number of amides is 2. The van der Waals surface area contributed by atoms with Crippen molar-refractivity contribution in [1.29, 1.82) is 0 Å². The molecule has 10 heteroatoms. The van der Waals surface area contributed by atoms with Crippen LogP contribution in [0.25, 0.3) is 0 Å². The van der Waals surface area contributed by atoms with Gasteiger partial charge in [0.1, 0.15) is 11.9 Å². The standard InChI is InChI=1S/C24H26Cl2FN5O2/c1-13(31-24(33)32-11-14(2)30-15(3)12-32)5-6-17-9-20(23(28)29-10-17)34-16(4)21-18(25)7-8-19(27)22(21)26/h7-10,14-16,30H,1,11-12H2,2-4H3,(H2,28,29)(H,31,33)/t14-,15+,16?. The summed E-state index contributed by atoms with van der Waals surface area (Å²) >= 11 is 12.2. The van der Waals surface area contributed by atoms with Gasteiger partial charge in [-0.2, -0.15) is 0 Å². The van der Waals surface area contributed by atoms with Crippen molar-refractivity contribution in [3.05, 3.63) is 63.7 Å². The second kappa shape index (κ2) is 11.0. The molecule has 0 bridgehead atoms. The molecule has 1 aromatic heterocycles. The highest BCUT2D eigenvalue weighted by atomic mass is 35.5. The van der Waals surface area contributed by atoms with E-state index >= 15 is 0 Å². The van der Waals surface area contributed by atoms with E-state index in [9.17, 15) is 9.18 Å². The van der Waals surface area contributed by atoms with Gasteiger partial charge < -0.3 is 26.0 Å². The minimum absolute atomic E-state index is 0.120. The summed E-state index contributed by atoms with van der Waals surface area (Å²) in [6.45, 7) is 10.7. The van der Waals surface area contributed by atoms with E-state index < -0.39 is 11.9 Å². The minimum Gasteiger partial charge on any atom is -0.482 e. The molecular weight excluding hydrogens is 480 g/mol. The number of ether oxygens (including phenoxy) is 1. The molecule has 3 atom stereocenters. The van der Waals surface area contributed by atoms with Gasteiger partial charge in [-0.3, -0.25) is 0 Å². The highest BCUT2D eigenvalue weighted by Gasteiger charge is 2.24. The molecule has 1 aliphatic heterocycles. The minimum atomic E-state index is -0.707. The number of benzene rings is 1. The lowest BCUT2D eigenvalue weighted by Gasteiger charge is -2.36.